The minimum absolute atomic E-state index is 0. The maximum absolute atomic E-state index is 11.8. The maximum atomic E-state index is 11.8. The Morgan fingerprint density at radius 3 is 2.43 bits per heavy atom. The summed E-state index contributed by atoms with van der Waals surface area (Å²) >= 11 is 0. The number of hydrogen-bond acceptors (Lipinski definition) is 2. The number of benzene rings is 1. The van der Waals surface area contributed by atoms with Crippen molar-refractivity contribution in [2.45, 2.75) is 34.2 Å². The van der Waals surface area contributed by atoms with Crippen LogP contribution in [0.25, 0.3) is 11.1 Å². The predicted molar refractivity (Wildman–Crippen MR) is 87.8 cm³/mol. The molecule has 0 aliphatic carbocycles. The number of amides is 1. The summed E-state index contributed by atoms with van der Waals surface area (Å²) < 4.78 is 0. The van der Waals surface area contributed by atoms with Gasteiger partial charge in [-0.15, -0.1) is 0 Å². The summed E-state index contributed by atoms with van der Waals surface area (Å²) in [5, 5.41) is 3.02. The summed E-state index contributed by atoms with van der Waals surface area (Å²) in [6, 6.07) is 12.2. The molecule has 21 heavy (non-hydrogen) atoms. The number of rotatable bonds is 4. The van der Waals surface area contributed by atoms with E-state index in [1.807, 2.05) is 51.2 Å². The Morgan fingerprint density at radius 2 is 1.81 bits per heavy atom. The zero-order valence-corrected chi connectivity index (χ0v) is 12.1. The smallest absolute Gasteiger partial charge is 0.223 e. The molecule has 1 aromatic carbocycles. The van der Waals surface area contributed by atoms with Gasteiger partial charge in [-0.05, 0) is 35.7 Å². The summed E-state index contributed by atoms with van der Waals surface area (Å²) in [5.41, 5.74) is 3.29. The van der Waals surface area contributed by atoms with Crippen molar-refractivity contribution in [2.75, 3.05) is 0 Å². The van der Waals surface area contributed by atoms with Crippen LogP contribution in [0.4, 0.5) is 0 Å². The topological polar surface area (TPSA) is 42.0 Å². The molecule has 3 heteroatoms. The molecule has 1 heterocycles. The molecule has 0 aliphatic rings. The molecule has 0 fully saturated rings. The van der Waals surface area contributed by atoms with E-state index in [0.29, 0.717) is 0 Å². The quantitative estimate of drug-likeness (QED) is 0.913. The van der Waals surface area contributed by atoms with Crippen molar-refractivity contribution in [3.8, 4) is 11.1 Å². The Labute approximate surface area is 127 Å². The van der Waals surface area contributed by atoms with Crippen LogP contribution in [0.15, 0.2) is 48.8 Å². The van der Waals surface area contributed by atoms with Gasteiger partial charge in [0.25, 0.3) is 0 Å². The van der Waals surface area contributed by atoms with Gasteiger partial charge >= 0.3 is 0 Å². The van der Waals surface area contributed by atoms with Crippen molar-refractivity contribution >= 4 is 5.91 Å². The van der Waals surface area contributed by atoms with Crippen molar-refractivity contribution in [1.29, 1.82) is 0 Å². The van der Waals surface area contributed by atoms with Crippen molar-refractivity contribution < 1.29 is 4.79 Å². The third-order valence-electron chi connectivity index (χ3n) is 3.26. The highest BCUT2D eigenvalue weighted by Gasteiger charge is 2.12. The van der Waals surface area contributed by atoms with Crippen LogP contribution in [0, 0.1) is 5.92 Å². The molecule has 1 aromatic heterocycles. The molecule has 0 bridgehead atoms. The van der Waals surface area contributed by atoms with Gasteiger partial charge in [-0.1, -0.05) is 45.5 Å². The lowest BCUT2D eigenvalue weighted by Gasteiger charge is -2.17. The molecule has 1 amide bonds. The van der Waals surface area contributed by atoms with Crippen LogP contribution in [0.3, 0.4) is 0 Å². The molecule has 1 atom stereocenters. The third kappa shape index (κ3) is 4.42. The zero-order valence-electron chi connectivity index (χ0n) is 12.1. The highest BCUT2D eigenvalue weighted by molar-refractivity contribution is 5.78. The second kappa shape index (κ2) is 7.58. The molecule has 2 rings (SSSR count). The first kappa shape index (κ1) is 16.9. The number of carbonyl (C=O) groups excluding carboxylic acids is 1. The fourth-order valence-electron chi connectivity index (χ4n) is 1.98. The van der Waals surface area contributed by atoms with E-state index < -0.39 is 0 Å². The van der Waals surface area contributed by atoms with Crippen LogP contribution in [-0.4, -0.2) is 10.9 Å². The Hall–Kier alpha value is -2.16. The van der Waals surface area contributed by atoms with Crippen LogP contribution in [-0.2, 0) is 4.79 Å². The Balaban J connectivity index is 0.00000220. The minimum Gasteiger partial charge on any atom is -0.349 e. The number of hydrogen-bond donors (Lipinski definition) is 1. The van der Waals surface area contributed by atoms with Crippen molar-refractivity contribution in [3.05, 3.63) is 54.4 Å². The first-order valence-corrected chi connectivity index (χ1v) is 6.88. The Morgan fingerprint density at radius 1 is 1.10 bits per heavy atom. The number of aromatic nitrogens is 1. The van der Waals surface area contributed by atoms with Crippen LogP contribution in [0.2, 0.25) is 0 Å². The van der Waals surface area contributed by atoms with Gasteiger partial charge in [0.2, 0.25) is 5.91 Å². The fourth-order valence-corrected chi connectivity index (χ4v) is 1.98. The molecule has 3 nitrogen and oxygen atoms in total. The molecule has 2 aromatic rings. The van der Waals surface area contributed by atoms with Gasteiger partial charge in [-0.2, -0.15) is 0 Å². The average Bonchev–Trinajstić information content (AvgIpc) is 2.48. The summed E-state index contributed by atoms with van der Waals surface area (Å²) in [6.45, 7) is 5.80. The van der Waals surface area contributed by atoms with E-state index in [9.17, 15) is 4.79 Å². The first-order valence-electron chi connectivity index (χ1n) is 6.88. The summed E-state index contributed by atoms with van der Waals surface area (Å²) in [4.78, 5) is 15.9. The fraction of sp³-hybridized carbons (Fsp3) is 0.333. The predicted octanol–water partition coefficient (Wildman–Crippen LogP) is 4.22. The third-order valence-corrected chi connectivity index (χ3v) is 3.26. The Kier molecular flexibility index (Phi) is 6.10. The molecule has 1 N–H and O–H groups in total. The average molecular weight is 284 g/mol. The van der Waals surface area contributed by atoms with E-state index in [2.05, 4.69) is 22.4 Å². The van der Waals surface area contributed by atoms with Gasteiger partial charge in [0.1, 0.15) is 0 Å². The van der Waals surface area contributed by atoms with E-state index in [1.165, 1.54) is 0 Å². The van der Waals surface area contributed by atoms with Crippen LogP contribution >= 0.6 is 0 Å². The molecule has 0 saturated carbocycles. The number of pyridine rings is 1. The van der Waals surface area contributed by atoms with Gasteiger partial charge in [0.15, 0.2) is 0 Å². The highest BCUT2D eigenvalue weighted by atomic mass is 16.1. The maximum Gasteiger partial charge on any atom is 0.223 e. The van der Waals surface area contributed by atoms with E-state index >= 15 is 0 Å². The van der Waals surface area contributed by atoms with Gasteiger partial charge < -0.3 is 5.32 Å². The number of nitrogens with one attached hydrogen (secondary N) is 1. The normalized spacial score (nSPS) is 11.6. The SMILES string of the molecule is C.CC(C)C(=O)N[C@@H](C)c1cccc(-c2cccnc2)c1. The zero-order chi connectivity index (χ0) is 14.5. The van der Waals surface area contributed by atoms with Gasteiger partial charge in [-0.3, -0.25) is 9.78 Å². The molecule has 0 saturated heterocycles. The second-order valence-electron chi connectivity index (χ2n) is 5.25. The molecule has 0 spiro atoms. The molecular formula is C18H24N2O. The summed E-state index contributed by atoms with van der Waals surface area (Å²) in [6.07, 6.45) is 3.61. The van der Waals surface area contributed by atoms with E-state index in [4.69, 9.17) is 0 Å². The summed E-state index contributed by atoms with van der Waals surface area (Å²) in [7, 11) is 0. The van der Waals surface area contributed by atoms with Gasteiger partial charge in [0.05, 0.1) is 6.04 Å². The first-order chi connectivity index (χ1) is 9.58. The number of carbonyl (C=O) groups is 1. The standard InChI is InChI=1S/C17H20N2O.CH4/c1-12(2)17(20)19-13(3)14-6-4-7-15(10-14)16-8-5-9-18-11-16;/h4-13H,1-3H3,(H,19,20);1H4/t13-;/m0./s1. The molecule has 0 aliphatic heterocycles. The lowest BCUT2D eigenvalue weighted by atomic mass is 10.0. The van der Waals surface area contributed by atoms with Crippen molar-refractivity contribution in [3.63, 3.8) is 0 Å². The van der Waals surface area contributed by atoms with E-state index in [-0.39, 0.29) is 25.3 Å². The minimum atomic E-state index is -0.000967. The monoisotopic (exact) mass is 284 g/mol. The van der Waals surface area contributed by atoms with Crippen molar-refractivity contribution in [1.82, 2.24) is 10.3 Å². The van der Waals surface area contributed by atoms with E-state index in [1.54, 1.807) is 6.20 Å². The van der Waals surface area contributed by atoms with E-state index in [0.717, 1.165) is 16.7 Å². The largest absolute Gasteiger partial charge is 0.349 e. The van der Waals surface area contributed by atoms with Crippen LogP contribution < -0.4 is 5.32 Å². The molecule has 0 unspecified atom stereocenters. The summed E-state index contributed by atoms with van der Waals surface area (Å²) in [5.74, 6) is 0.0724. The molecular weight excluding hydrogens is 260 g/mol. The second-order valence-corrected chi connectivity index (χ2v) is 5.25. The lowest BCUT2D eigenvalue weighted by molar-refractivity contribution is -0.124. The van der Waals surface area contributed by atoms with Crippen molar-refractivity contribution in [2.24, 2.45) is 5.92 Å². The van der Waals surface area contributed by atoms with Gasteiger partial charge in [0, 0.05) is 18.3 Å². The highest BCUT2D eigenvalue weighted by Crippen LogP contribution is 2.22. The van der Waals surface area contributed by atoms with Crippen LogP contribution in [0.5, 0.6) is 0 Å². The van der Waals surface area contributed by atoms with Crippen LogP contribution in [0.1, 0.15) is 39.8 Å². The molecule has 0 radical (unpaired) electrons. The lowest BCUT2D eigenvalue weighted by Crippen LogP contribution is -2.30. The molecule has 112 valence electrons. The van der Waals surface area contributed by atoms with Gasteiger partial charge in [-0.25, -0.2) is 0 Å². The number of nitrogens with zero attached hydrogens (tertiary/aromatic N) is 1. The Bertz CT molecular complexity index is 579.